The van der Waals surface area contributed by atoms with Crippen LogP contribution < -0.4 is 15.4 Å². The third-order valence-corrected chi connectivity index (χ3v) is 4.53. The molecule has 0 bridgehead atoms. The molecule has 29 heavy (non-hydrogen) atoms. The molecule has 0 radical (unpaired) electrons. The molecule has 0 saturated carbocycles. The van der Waals surface area contributed by atoms with E-state index >= 15 is 0 Å². The molecule has 0 aliphatic rings. The van der Waals surface area contributed by atoms with Gasteiger partial charge in [0.25, 0.3) is 5.69 Å². The molecule has 2 amide bonds. The van der Waals surface area contributed by atoms with E-state index in [0.717, 1.165) is 18.4 Å². The highest BCUT2D eigenvalue weighted by atomic mass is 16.6. The van der Waals surface area contributed by atoms with Gasteiger partial charge in [-0.25, -0.2) is 4.79 Å². The second-order valence-electron chi connectivity index (χ2n) is 6.68. The number of anilines is 1. The van der Waals surface area contributed by atoms with Crippen molar-refractivity contribution in [2.75, 3.05) is 12.4 Å². The van der Waals surface area contributed by atoms with Gasteiger partial charge in [0.2, 0.25) is 0 Å². The Morgan fingerprint density at radius 1 is 1.14 bits per heavy atom. The number of hydrogen-bond donors (Lipinski definition) is 2. The maximum Gasteiger partial charge on any atom is 0.319 e. The number of methoxy groups -OCH3 is 1. The van der Waals surface area contributed by atoms with Crippen molar-refractivity contribution in [1.29, 1.82) is 0 Å². The average Bonchev–Trinajstić information content (AvgIpc) is 2.69. The number of nitro benzene ring substituents is 1. The van der Waals surface area contributed by atoms with Crippen LogP contribution in [-0.4, -0.2) is 24.1 Å². The van der Waals surface area contributed by atoms with Crippen LogP contribution in [0.25, 0.3) is 0 Å². The standard InChI is InChI=1S/C21H27N3O5/c1-5-16(6-2)22-21(25)23-17-7-9-20(15(12-17)13-28-4)29-19-10-8-18(24(26)27)11-14(19)3/h7-12,16H,5-6,13H2,1-4H3,(H2,22,23,25). The van der Waals surface area contributed by atoms with Crippen molar-refractivity contribution in [3.63, 3.8) is 0 Å². The number of hydrogen-bond acceptors (Lipinski definition) is 5. The molecule has 0 unspecified atom stereocenters. The van der Waals surface area contributed by atoms with Crippen molar-refractivity contribution < 1.29 is 19.2 Å². The Bertz CT molecular complexity index is 865. The second kappa shape index (κ2) is 10.4. The van der Waals surface area contributed by atoms with Gasteiger partial charge in [-0.2, -0.15) is 0 Å². The molecule has 0 aliphatic carbocycles. The third kappa shape index (κ3) is 6.18. The zero-order valence-corrected chi connectivity index (χ0v) is 17.2. The Morgan fingerprint density at radius 2 is 1.83 bits per heavy atom. The summed E-state index contributed by atoms with van der Waals surface area (Å²) in [4.78, 5) is 22.6. The number of carbonyl (C=O) groups excluding carboxylic acids is 1. The molecule has 0 fully saturated rings. The highest BCUT2D eigenvalue weighted by molar-refractivity contribution is 5.89. The van der Waals surface area contributed by atoms with E-state index in [-0.39, 0.29) is 24.4 Å². The Morgan fingerprint density at radius 3 is 2.41 bits per heavy atom. The molecule has 0 aromatic heterocycles. The molecule has 2 N–H and O–H groups in total. The Hall–Kier alpha value is -3.13. The summed E-state index contributed by atoms with van der Waals surface area (Å²) < 4.78 is 11.2. The number of rotatable bonds is 9. The average molecular weight is 401 g/mol. The van der Waals surface area contributed by atoms with E-state index in [1.165, 1.54) is 12.1 Å². The van der Waals surface area contributed by atoms with E-state index < -0.39 is 4.92 Å². The summed E-state index contributed by atoms with van der Waals surface area (Å²) in [6.07, 6.45) is 1.72. The summed E-state index contributed by atoms with van der Waals surface area (Å²) in [6, 6.07) is 9.55. The molecule has 0 aliphatic heterocycles. The van der Waals surface area contributed by atoms with Crippen LogP contribution in [0.3, 0.4) is 0 Å². The number of amides is 2. The van der Waals surface area contributed by atoms with Gasteiger partial charge in [0.05, 0.1) is 11.5 Å². The lowest BCUT2D eigenvalue weighted by atomic mass is 10.1. The maximum atomic E-state index is 12.2. The molecular formula is C21H27N3O5. The molecule has 0 spiro atoms. The first-order valence-corrected chi connectivity index (χ1v) is 9.50. The highest BCUT2D eigenvalue weighted by Gasteiger charge is 2.13. The van der Waals surface area contributed by atoms with Gasteiger partial charge in [-0.15, -0.1) is 0 Å². The summed E-state index contributed by atoms with van der Waals surface area (Å²) in [6.45, 7) is 6.08. The number of carbonyl (C=O) groups is 1. The second-order valence-corrected chi connectivity index (χ2v) is 6.68. The van der Waals surface area contributed by atoms with E-state index in [0.29, 0.717) is 22.7 Å². The van der Waals surface area contributed by atoms with Gasteiger partial charge in [0.1, 0.15) is 11.5 Å². The smallest absolute Gasteiger partial charge is 0.319 e. The van der Waals surface area contributed by atoms with E-state index in [1.54, 1.807) is 38.3 Å². The number of aryl methyl sites for hydroxylation is 1. The number of nitrogens with zero attached hydrogens (tertiary/aromatic N) is 1. The van der Waals surface area contributed by atoms with Gasteiger partial charge in [0.15, 0.2) is 0 Å². The summed E-state index contributed by atoms with van der Waals surface area (Å²) in [5.74, 6) is 1.06. The largest absolute Gasteiger partial charge is 0.457 e. The zero-order valence-electron chi connectivity index (χ0n) is 17.2. The van der Waals surface area contributed by atoms with Crippen molar-refractivity contribution in [3.05, 3.63) is 57.6 Å². The first-order chi connectivity index (χ1) is 13.9. The predicted molar refractivity (Wildman–Crippen MR) is 112 cm³/mol. The fraction of sp³-hybridized carbons (Fsp3) is 0.381. The van der Waals surface area contributed by atoms with Crippen molar-refractivity contribution in [1.82, 2.24) is 5.32 Å². The molecular weight excluding hydrogens is 374 g/mol. The minimum Gasteiger partial charge on any atom is -0.457 e. The maximum absolute atomic E-state index is 12.2. The van der Waals surface area contributed by atoms with E-state index in [9.17, 15) is 14.9 Å². The fourth-order valence-electron chi connectivity index (χ4n) is 2.85. The molecule has 0 atom stereocenters. The monoisotopic (exact) mass is 401 g/mol. The van der Waals surface area contributed by atoms with E-state index in [4.69, 9.17) is 9.47 Å². The first kappa shape index (κ1) is 22.2. The van der Waals surface area contributed by atoms with E-state index in [1.807, 2.05) is 13.8 Å². The topological polar surface area (TPSA) is 103 Å². The fourth-order valence-corrected chi connectivity index (χ4v) is 2.85. The molecule has 0 heterocycles. The van der Waals surface area contributed by atoms with Crippen LogP contribution in [0.5, 0.6) is 11.5 Å². The first-order valence-electron chi connectivity index (χ1n) is 9.50. The number of nitro groups is 1. The third-order valence-electron chi connectivity index (χ3n) is 4.53. The lowest BCUT2D eigenvalue weighted by Gasteiger charge is -2.17. The van der Waals surface area contributed by atoms with Crippen LogP contribution in [0.1, 0.15) is 37.8 Å². The van der Waals surface area contributed by atoms with Crippen LogP contribution in [0.2, 0.25) is 0 Å². The predicted octanol–water partition coefficient (Wildman–Crippen LogP) is 5.15. The number of ether oxygens (including phenoxy) is 2. The molecule has 2 aromatic carbocycles. The Balaban J connectivity index is 2.19. The minimum atomic E-state index is -0.444. The summed E-state index contributed by atoms with van der Waals surface area (Å²) >= 11 is 0. The molecule has 8 heteroatoms. The van der Waals surface area contributed by atoms with Crippen molar-refractivity contribution in [2.45, 2.75) is 46.3 Å². The zero-order chi connectivity index (χ0) is 21.4. The molecule has 0 saturated heterocycles. The lowest BCUT2D eigenvalue weighted by Crippen LogP contribution is -2.37. The van der Waals surface area contributed by atoms with Crippen LogP contribution >= 0.6 is 0 Å². The normalized spacial score (nSPS) is 10.7. The molecule has 2 aromatic rings. The van der Waals surface area contributed by atoms with Crippen LogP contribution in [0, 0.1) is 17.0 Å². The van der Waals surface area contributed by atoms with Crippen LogP contribution in [-0.2, 0) is 11.3 Å². The molecule has 156 valence electrons. The molecule has 8 nitrogen and oxygen atoms in total. The van der Waals surface area contributed by atoms with Crippen molar-refractivity contribution >= 4 is 17.4 Å². The number of benzene rings is 2. The quantitative estimate of drug-likeness (QED) is 0.447. The van der Waals surface area contributed by atoms with Crippen molar-refractivity contribution in [3.8, 4) is 11.5 Å². The Kier molecular flexibility index (Phi) is 7.97. The SMILES string of the molecule is CCC(CC)NC(=O)Nc1ccc(Oc2ccc([N+](=O)[O-])cc2C)c(COC)c1. The number of nitrogens with one attached hydrogen (secondary N) is 2. The van der Waals surface area contributed by atoms with Gasteiger partial charge >= 0.3 is 6.03 Å². The number of non-ortho nitro benzene ring substituents is 1. The highest BCUT2D eigenvalue weighted by Crippen LogP contribution is 2.32. The minimum absolute atomic E-state index is 0.00925. The number of urea groups is 1. The Labute approximate surface area is 170 Å². The van der Waals surface area contributed by atoms with Gasteiger partial charge < -0.3 is 20.1 Å². The van der Waals surface area contributed by atoms with Crippen LogP contribution in [0.15, 0.2) is 36.4 Å². The lowest BCUT2D eigenvalue weighted by molar-refractivity contribution is -0.384. The van der Waals surface area contributed by atoms with Gasteiger partial charge in [-0.1, -0.05) is 13.8 Å². The van der Waals surface area contributed by atoms with Crippen LogP contribution in [0.4, 0.5) is 16.2 Å². The van der Waals surface area contributed by atoms with Gasteiger partial charge in [-0.05, 0) is 49.6 Å². The van der Waals surface area contributed by atoms with Gasteiger partial charge in [0, 0.05) is 36.5 Å². The summed E-state index contributed by atoms with van der Waals surface area (Å²) in [7, 11) is 1.57. The van der Waals surface area contributed by atoms with Gasteiger partial charge in [-0.3, -0.25) is 10.1 Å². The van der Waals surface area contributed by atoms with Crippen molar-refractivity contribution in [2.24, 2.45) is 0 Å². The van der Waals surface area contributed by atoms with E-state index in [2.05, 4.69) is 10.6 Å². The molecule has 2 rings (SSSR count). The summed E-state index contributed by atoms with van der Waals surface area (Å²) in [5.41, 5.74) is 2.02. The summed E-state index contributed by atoms with van der Waals surface area (Å²) in [5, 5.41) is 16.7.